The minimum Gasteiger partial charge on any atom is -0.388 e. The number of rotatable bonds is 11. The van der Waals surface area contributed by atoms with Crippen molar-refractivity contribution in [2.24, 2.45) is 16.8 Å². The van der Waals surface area contributed by atoms with Gasteiger partial charge in [0.15, 0.2) is 0 Å². The number of anilines is 1. The van der Waals surface area contributed by atoms with Crippen LogP contribution in [0.3, 0.4) is 0 Å². The van der Waals surface area contributed by atoms with Crippen molar-refractivity contribution in [1.29, 1.82) is 0 Å². The van der Waals surface area contributed by atoms with Gasteiger partial charge < -0.3 is 10.6 Å². The van der Waals surface area contributed by atoms with Crippen LogP contribution in [0.2, 0.25) is 0 Å². The van der Waals surface area contributed by atoms with Gasteiger partial charge >= 0.3 is 0 Å². The minimum atomic E-state index is -0.261. The van der Waals surface area contributed by atoms with Gasteiger partial charge in [0, 0.05) is 90.6 Å². The lowest BCUT2D eigenvalue weighted by Crippen LogP contribution is -2.30. The highest BCUT2D eigenvalue weighted by molar-refractivity contribution is 14.1. The first kappa shape index (κ1) is 29.9. The molecule has 1 aliphatic heterocycles. The Morgan fingerprint density at radius 3 is 2.51 bits per heavy atom. The second kappa shape index (κ2) is 13.9. The van der Waals surface area contributed by atoms with Gasteiger partial charge in [-0.25, -0.2) is 13.2 Å². The molecule has 4 nitrogen and oxygen atoms in total. The Morgan fingerprint density at radius 2 is 1.86 bits per heavy atom. The Labute approximate surface area is 233 Å². The summed E-state index contributed by atoms with van der Waals surface area (Å²) in [6, 6.07) is 3.30. The molecule has 0 saturated heterocycles. The van der Waals surface area contributed by atoms with Crippen LogP contribution >= 0.6 is 22.9 Å². The Hall–Kier alpha value is -1.65. The molecule has 204 valence electrons. The van der Waals surface area contributed by atoms with Crippen molar-refractivity contribution in [2.45, 2.75) is 84.3 Å². The first-order valence-electron chi connectivity index (χ1n) is 13.2. The highest BCUT2D eigenvalue weighted by Gasteiger charge is 2.27. The van der Waals surface area contributed by atoms with Crippen molar-refractivity contribution >= 4 is 34.8 Å². The molecule has 0 fully saturated rings. The largest absolute Gasteiger partial charge is 0.388 e. The summed E-state index contributed by atoms with van der Waals surface area (Å²) in [6.45, 7) is 8.61. The van der Waals surface area contributed by atoms with E-state index in [-0.39, 0.29) is 60.2 Å². The van der Waals surface area contributed by atoms with E-state index in [4.69, 9.17) is 0 Å². The number of aliphatic imine (C=N–C) groups is 1. The van der Waals surface area contributed by atoms with Crippen molar-refractivity contribution in [3.05, 3.63) is 64.2 Å². The molecular formula is C29H40F3IN4. The van der Waals surface area contributed by atoms with Crippen LogP contribution in [-0.2, 0) is 6.54 Å². The van der Waals surface area contributed by atoms with Crippen LogP contribution < -0.4 is 14.2 Å². The molecule has 4 atom stereocenters. The van der Waals surface area contributed by atoms with Crippen LogP contribution in [0.15, 0.2) is 52.2 Å². The molecule has 2 aliphatic rings. The zero-order valence-corrected chi connectivity index (χ0v) is 24.6. The first-order chi connectivity index (χ1) is 17.7. The fourth-order valence-corrected chi connectivity index (χ4v) is 6.00. The number of hydrogen-bond donors (Lipinski definition) is 3. The molecule has 37 heavy (non-hydrogen) atoms. The monoisotopic (exact) mass is 628 g/mol. The molecule has 8 heteroatoms. The maximum atomic E-state index is 15.1. The summed E-state index contributed by atoms with van der Waals surface area (Å²) in [5.41, 5.74) is 4.09. The summed E-state index contributed by atoms with van der Waals surface area (Å²) in [5.74, 6) is -0.444. The predicted octanol–water partition coefficient (Wildman–Crippen LogP) is 8.04. The van der Waals surface area contributed by atoms with Crippen LogP contribution in [0.4, 0.5) is 18.9 Å². The lowest BCUT2D eigenvalue weighted by atomic mass is 9.84. The number of halogens is 4. The highest BCUT2D eigenvalue weighted by Crippen LogP contribution is 2.36. The molecule has 3 rings (SSSR count). The standard InChI is InChI=1S/C29H40F3IN4/c1-6-28(37-33)25-12-23(30)9-19(10-27(25)32)7-20-8-21(15-35-14-20)18(4)36-16-22-11-24(17(2)3)29(34-5)13-26(22)31/h11-15,17-20,28,34,36-37H,6-10,16H2,1-5H3. The van der Waals surface area contributed by atoms with Crippen molar-refractivity contribution in [1.82, 2.24) is 8.85 Å². The molecule has 1 aromatic rings. The third kappa shape index (κ3) is 7.93. The zero-order valence-electron chi connectivity index (χ0n) is 22.5. The normalized spacial score (nSPS) is 22.0. The molecule has 0 spiro atoms. The maximum absolute atomic E-state index is 15.1. The highest BCUT2D eigenvalue weighted by atomic mass is 127. The Kier molecular flexibility index (Phi) is 11.3. The van der Waals surface area contributed by atoms with Gasteiger partial charge in [-0.2, -0.15) is 0 Å². The molecular weight excluding hydrogens is 588 g/mol. The smallest absolute Gasteiger partial charge is 0.129 e. The van der Waals surface area contributed by atoms with Crippen molar-refractivity contribution in [2.75, 3.05) is 12.4 Å². The predicted molar refractivity (Wildman–Crippen MR) is 157 cm³/mol. The number of nitrogens with one attached hydrogen (secondary N) is 3. The van der Waals surface area contributed by atoms with Crippen LogP contribution in [0.25, 0.3) is 0 Å². The van der Waals surface area contributed by atoms with Crippen molar-refractivity contribution in [3.8, 4) is 0 Å². The molecule has 0 bridgehead atoms. The van der Waals surface area contributed by atoms with Gasteiger partial charge in [0.25, 0.3) is 0 Å². The molecule has 0 saturated carbocycles. The molecule has 1 aromatic carbocycles. The van der Waals surface area contributed by atoms with Gasteiger partial charge in [0.1, 0.15) is 17.5 Å². The molecule has 4 unspecified atom stereocenters. The number of benzene rings is 1. The summed E-state index contributed by atoms with van der Waals surface area (Å²) < 4.78 is 47.5. The second-order valence-corrected chi connectivity index (χ2v) is 11.2. The van der Waals surface area contributed by atoms with E-state index in [1.807, 2.05) is 48.3 Å². The fourth-order valence-electron chi connectivity index (χ4n) is 5.23. The van der Waals surface area contributed by atoms with Gasteiger partial charge in [0.2, 0.25) is 0 Å². The van der Waals surface area contributed by atoms with Gasteiger partial charge in [-0.1, -0.05) is 20.8 Å². The molecule has 0 aromatic heterocycles. The molecule has 1 aliphatic carbocycles. The van der Waals surface area contributed by atoms with Crippen molar-refractivity contribution < 1.29 is 13.2 Å². The van der Waals surface area contributed by atoms with Crippen LogP contribution in [-0.4, -0.2) is 25.3 Å². The average molecular weight is 629 g/mol. The van der Waals surface area contributed by atoms with E-state index in [2.05, 4.69) is 39.9 Å². The fraction of sp³-hybridized carbons (Fsp3) is 0.552. The van der Waals surface area contributed by atoms with Crippen molar-refractivity contribution in [3.63, 3.8) is 0 Å². The van der Waals surface area contributed by atoms with Gasteiger partial charge in [-0.15, -0.1) is 0 Å². The number of hydrogen-bond acceptors (Lipinski definition) is 4. The average Bonchev–Trinajstić information content (AvgIpc) is 3.00. The number of nitrogens with zero attached hydrogens (tertiary/aromatic N) is 1. The van der Waals surface area contributed by atoms with E-state index in [0.29, 0.717) is 30.5 Å². The van der Waals surface area contributed by atoms with Crippen LogP contribution in [0, 0.1) is 17.7 Å². The van der Waals surface area contributed by atoms with Gasteiger partial charge in [-0.05, 0) is 73.3 Å². The van der Waals surface area contributed by atoms with Gasteiger partial charge in [-0.3, -0.25) is 8.52 Å². The van der Waals surface area contributed by atoms with E-state index in [1.165, 1.54) is 6.08 Å². The van der Waals surface area contributed by atoms with E-state index in [0.717, 1.165) is 23.2 Å². The van der Waals surface area contributed by atoms with Crippen LogP contribution in [0.5, 0.6) is 0 Å². The summed E-state index contributed by atoms with van der Waals surface area (Å²) >= 11 is 2.00. The summed E-state index contributed by atoms with van der Waals surface area (Å²) in [4.78, 5) is 4.46. The molecule has 0 radical (unpaired) electrons. The summed E-state index contributed by atoms with van der Waals surface area (Å²) in [7, 11) is 1.81. The molecule has 3 N–H and O–H groups in total. The first-order valence-corrected chi connectivity index (χ1v) is 14.3. The summed E-state index contributed by atoms with van der Waals surface area (Å²) in [6.07, 6.45) is 7.75. The Balaban J connectivity index is 1.62. The topological polar surface area (TPSA) is 48.5 Å². The second-order valence-electron chi connectivity index (χ2n) is 10.5. The lowest BCUT2D eigenvalue weighted by molar-refractivity contribution is 0.368. The molecule has 0 amide bonds. The summed E-state index contributed by atoms with van der Waals surface area (Å²) in [5, 5.41) is 6.53. The van der Waals surface area contributed by atoms with E-state index < -0.39 is 0 Å². The lowest BCUT2D eigenvalue weighted by Gasteiger charge is -2.26. The third-order valence-electron chi connectivity index (χ3n) is 7.43. The van der Waals surface area contributed by atoms with E-state index in [9.17, 15) is 8.78 Å². The van der Waals surface area contributed by atoms with Gasteiger partial charge in [0.05, 0.1) is 0 Å². The Bertz CT molecular complexity index is 1060. The quantitative estimate of drug-likeness (QED) is 0.172. The maximum Gasteiger partial charge on any atom is 0.129 e. The van der Waals surface area contributed by atoms with E-state index >= 15 is 4.39 Å². The number of allylic oxidation sites excluding steroid dienone is 2. The van der Waals surface area contributed by atoms with E-state index in [1.54, 1.807) is 13.1 Å². The SMILES string of the molecule is CCC(NI)C1=C(F)CC(CC2C=NC=C(C(C)NCc3cc(C(C)C)c(NC)cc3F)C2)CC(F)=C1. The molecule has 1 heterocycles. The van der Waals surface area contributed by atoms with Crippen LogP contribution in [0.1, 0.15) is 76.8 Å². The third-order valence-corrected chi connectivity index (χ3v) is 8.18. The minimum absolute atomic E-state index is 0.000122. The Morgan fingerprint density at radius 1 is 1.11 bits per heavy atom. The zero-order chi connectivity index (χ0) is 27.1.